The molecule has 5 heteroatoms. The molecule has 3 rings (SSSR count). The van der Waals surface area contributed by atoms with Gasteiger partial charge in [-0.15, -0.1) is 3.96 Å². The van der Waals surface area contributed by atoms with Crippen molar-refractivity contribution in [1.82, 2.24) is 3.96 Å². The van der Waals surface area contributed by atoms with E-state index in [0.29, 0.717) is 10.9 Å². The van der Waals surface area contributed by atoms with E-state index < -0.39 is 16.6 Å². The maximum absolute atomic E-state index is 12.4. The van der Waals surface area contributed by atoms with Gasteiger partial charge in [0.1, 0.15) is 21.6 Å². The van der Waals surface area contributed by atoms with E-state index in [1.54, 1.807) is 17.1 Å². The molecule has 0 spiro atoms. The Kier molecular flexibility index (Phi) is 3.14. The van der Waals surface area contributed by atoms with Crippen molar-refractivity contribution in [2.75, 3.05) is 0 Å². The van der Waals surface area contributed by atoms with Crippen molar-refractivity contribution in [3.63, 3.8) is 0 Å². The Morgan fingerprint density at radius 1 is 1.14 bits per heavy atom. The van der Waals surface area contributed by atoms with E-state index in [-0.39, 0.29) is 5.56 Å². The zero-order valence-electron chi connectivity index (χ0n) is 11.8. The highest BCUT2D eigenvalue weighted by atomic mass is 32.2. The van der Waals surface area contributed by atoms with Crippen LogP contribution in [0.3, 0.4) is 0 Å². The van der Waals surface area contributed by atoms with Crippen molar-refractivity contribution >= 4 is 26.7 Å². The third-order valence-corrected chi connectivity index (χ3v) is 5.97. The topological polar surface area (TPSA) is 65.1 Å². The van der Waals surface area contributed by atoms with Crippen LogP contribution in [-0.2, 0) is 7.05 Å². The van der Waals surface area contributed by atoms with Crippen LogP contribution >= 0.6 is 10.7 Å². The fourth-order valence-corrected chi connectivity index (χ4v) is 4.94. The van der Waals surface area contributed by atoms with Gasteiger partial charge in [0.25, 0.3) is 5.91 Å². The average Bonchev–Trinajstić information content (AvgIpc) is 2.72. The van der Waals surface area contributed by atoms with Crippen LogP contribution in [0.1, 0.15) is 15.9 Å². The van der Waals surface area contributed by atoms with Crippen LogP contribution in [0.4, 0.5) is 0 Å². The number of carbonyl (C=O) groups excluding carboxylic acids is 1. The number of nitrogens with zero attached hydrogens (tertiary/aromatic N) is 1. The SMILES string of the molecule is Cc1cccc(C(N)=O)c1-[s+]1c2ccccc2c(=O)n1C. The normalized spacial score (nSPS) is 11.8. The second-order valence-corrected chi connectivity index (χ2v) is 6.86. The van der Waals surface area contributed by atoms with Gasteiger partial charge in [-0.2, -0.15) is 0 Å². The number of hydrogen-bond acceptors (Lipinski definition) is 2. The molecule has 21 heavy (non-hydrogen) atoms. The van der Waals surface area contributed by atoms with Gasteiger partial charge in [-0.25, -0.2) is 0 Å². The van der Waals surface area contributed by atoms with Crippen molar-refractivity contribution < 1.29 is 4.79 Å². The molecule has 0 aliphatic carbocycles. The molecule has 2 aromatic carbocycles. The number of hydrogen-bond donors (Lipinski definition) is 1. The van der Waals surface area contributed by atoms with Gasteiger partial charge < -0.3 is 5.73 Å². The molecular weight excluding hydrogens is 284 g/mol. The standard InChI is InChI=1S/C16H14N2O2S/c1-10-6-5-8-12(15(17)19)14(10)21-13-9-4-3-7-11(13)16(20)18(21)2/h3-9H,1-2H3,(H-,17,19)/p+1. The van der Waals surface area contributed by atoms with Gasteiger partial charge >= 0.3 is 5.56 Å². The highest BCUT2D eigenvalue weighted by Gasteiger charge is 2.29. The molecule has 1 heterocycles. The van der Waals surface area contributed by atoms with Crippen LogP contribution in [0.15, 0.2) is 47.3 Å². The lowest BCUT2D eigenvalue weighted by molar-refractivity contribution is 0.100. The van der Waals surface area contributed by atoms with Gasteiger partial charge in [-0.3, -0.25) is 9.59 Å². The first-order valence-corrected chi connectivity index (χ1v) is 7.71. The van der Waals surface area contributed by atoms with Gasteiger partial charge in [0.15, 0.2) is 0 Å². The van der Waals surface area contributed by atoms with Gasteiger partial charge in [-0.05, 0) is 19.1 Å². The van der Waals surface area contributed by atoms with Crippen LogP contribution in [0, 0.1) is 6.92 Å². The Morgan fingerprint density at radius 3 is 2.57 bits per heavy atom. The number of nitrogens with two attached hydrogens (primary N) is 1. The third-order valence-electron chi connectivity index (χ3n) is 3.56. The van der Waals surface area contributed by atoms with Crippen molar-refractivity contribution in [2.24, 2.45) is 12.8 Å². The van der Waals surface area contributed by atoms with Gasteiger partial charge in [0.05, 0.1) is 7.05 Å². The van der Waals surface area contributed by atoms with Crippen molar-refractivity contribution in [1.29, 1.82) is 0 Å². The Labute approximate surface area is 124 Å². The second-order valence-electron chi connectivity index (χ2n) is 4.90. The summed E-state index contributed by atoms with van der Waals surface area (Å²) in [6.45, 7) is 1.94. The van der Waals surface area contributed by atoms with Crippen molar-refractivity contribution in [3.8, 4) is 4.90 Å². The first-order valence-electron chi connectivity index (χ1n) is 6.53. The Balaban J connectivity index is 2.51. The minimum Gasteiger partial charge on any atom is -0.365 e. The molecule has 4 nitrogen and oxygen atoms in total. The lowest BCUT2D eigenvalue weighted by Gasteiger charge is -2.03. The van der Waals surface area contributed by atoms with Gasteiger partial charge in [0, 0.05) is 11.6 Å². The van der Waals surface area contributed by atoms with Crippen molar-refractivity contribution in [2.45, 2.75) is 6.92 Å². The Hall–Kier alpha value is -2.40. The van der Waals surface area contributed by atoms with Crippen LogP contribution in [0.2, 0.25) is 0 Å². The third kappa shape index (κ3) is 1.97. The summed E-state index contributed by atoms with van der Waals surface area (Å²) in [6.07, 6.45) is 0. The zero-order valence-corrected chi connectivity index (χ0v) is 12.6. The molecule has 0 saturated heterocycles. The van der Waals surface area contributed by atoms with Crippen LogP contribution in [0.25, 0.3) is 15.0 Å². The fourth-order valence-electron chi connectivity index (χ4n) is 2.56. The number of carbonyl (C=O) groups is 1. The van der Waals surface area contributed by atoms with E-state index in [0.717, 1.165) is 15.2 Å². The number of fused-ring (bicyclic) bond motifs is 1. The highest BCUT2D eigenvalue weighted by Crippen LogP contribution is 2.40. The molecule has 1 aromatic heterocycles. The Bertz CT molecular complexity index is 922. The molecule has 0 aliphatic rings. The first-order chi connectivity index (χ1) is 10.0. The molecule has 1 amide bonds. The Morgan fingerprint density at radius 2 is 1.86 bits per heavy atom. The average molecular weight is 299 g/mol. The predicted molar refractivity (Wildman–Crippen MR) is 86.3 cm³/mol. The minimum absolute atomic E-state index is 0.0207. The summed E-state index contributed by atoms with van der Waals surface area (Å²) < 4.78 is 2.64. The molecule has 0 radical (unpaired) electrons. The van der Waals surface area contributed by atoms with E-state index in [2.05, 4.69) is 0 Å². The number of primary amides is 1. The second kappa shape index (κ2) is 4.86. The number of rotatable bonds is 2. The van der Waals surface area contributed by atoms with Gasteiger partial charge in [0.2, 0.25) is 9.60 Å². The number of aryl methyl sites for hydroxylation is 1. The molecule has 2 N–H and O–H groups in total. The quantitative estimate of drug-likeness (QED) is 0.739. The number of aromatic nitrogens is 1. The summed E-state index contributed by atoms with van der Waals surface area (Å²) in [5, 5.41) is 0.696. The summed E-state index contributed by atoms with van der Waals surface area (Å²) in [4.78, 5) is 25.0. The van der Waals surface area contributed by atoms with Crippen LogP contribution < -0.4 is 11.3 Å². The molecule has 1 atom stereocenters. The lowest BCUT2D eigenvalue weighted by atomic mass is 10.1. The summed E-state index contributed by atoms with van der Waals surface area (Å²) in [6, 6.07) is 13.0. The molecule has 3 aromatic rings. The summed E-state index contributed by atoms with van der Waals surface area (Å²) in [5.74, 6) is -0.466. The van der Waals surface area contributed by atoms with E-state index in [4.69, 9.17) is 5.73 Å². The maximum Gasteiger partial charge on any atom is 0.304 e. The molecule has 0 saturated carbocycles. The van der Waals surface area contributed by atoms with E-state index in [9.17, 15) is 9.59 Å². The molecule has 0 aliphatic heterocycles. The zero-order chi connectivity index (χ0) is 15.1. The smallest absolute Gasteiger partial charge is 0.304 e. The molecule has 0 bridgehead atoms. The van der Waals surface area contributed by atoms with Crippen LogP contribution in [0.5, 0.6) is 0 Å². The number of amides is 1. The largest absolute Gasteiger partial charge is 0.365 e. The summed E-state index contributed by atoms with van der Waals surface area (Å²) >= 11 is 0. The monoisotopic (exact) mass is 299 g/mol. The lowest BCUT2D eigenvalue weighted by Crippen LogP contribution is -2.14. The van der Waals surface area contributed by atoms with E-state index in [1.807, 2.05) is 43.3 Å². The highest BCUT2D eigenvalue weighted by molar-refractivity contribution is 7.41. The number of benzene rings is 2. The maximum atomic E-state index is 12.4. The van der Waals surface area contributed by atoms with Crippen molar-refractivity contribution in [3.05, 3.63) is 63.9 Å². The van der Waals surface area contributed by atoms with E-state index >= 15 is 0 Å². The first kappa shape index (κ1) is 13.6. The van der Waals surface area contributed by atoms with Crippen LogP contribution in [-0.4, -0.2) is 9.86 Å². The minimum atomic E-state index is -0.601. The molecule has 0 fully saturated rings. The van der Waals surface area contributed by atoms with E-state index in [1.165, 1.54) is 0 Å². The molecule has 1 unspecified atom stereocenters. The predicted octanol–water partition coefficient (Wildman–Crippen LogP) is 2.68. The van der Waals surface area contributed by atoms with Gasteiger partial charge in [-0.1, -0.05) is 24.3 Å². The fraction of sp³-hybridized carbons (Fsp3) is 0.125. The summed E-state index contributed by atoms with van der Waals surface area (Å²) in [7, 11) is 1.17. The molecular formula is C16H15N2O2S+. The molecule has 106 valence electrons. The summed E-state index contributed by atoms with van der Waals surface area (Å²) in [5.41, 5.74) is 6.94.